The summed E-state index contributed by atoms with van der Waals surface area (Å²) < 4.78 is 5.35. The van der Waals surface area contributed by atoms with Crippen molar-refractivity contribution in [2.24, 2.45) is 0 Å². The van der Waals surface area contributed by atoms with Crippen LogP contribution in [0.5, 0.6) is 0 Å². The molecule has 0 fully saturated rings. The van der Waals surface area contributed by atoms with Crippen molar-refractivity contribution in [3.8, 4) is 0 Å². The van der Waals surface area contributed by atoms with E-state index in [-0.39, 0.29) is 41.5 Å². The van der Waals surface area contributed by atoms with E-state index in [1.54, 1.807) is 43.3 Å². The van der Waals surface area contributed by atoms with Crippen LogP contribution in [0.1, 0.15) is 38.8 Å². The summed E-state index contributed by atoms with van der Waals surface area (Å²) in [5.41, 5.74) is 8.46. The van der Waals surface area contributed by atoms with Crippen LogP contribution in [0, 0.1) is 0 Å². The van der Waals surface area contributed by atoms with E-state index in [2.05, 4.69) is 18.5 Å². The summed E-state index contributed by atoms with van der Waals surface area (Å²) in [6, 6.07) is 9.87. The third-order valence-electron chi connectivity index (χ3n) is 4.56. The summed E-state index contributed by atoms with van der Waals surface area (Å²) >= 11 is 0. The number of hydrogen-bond acceptors (Lipinski definition) is 6. The smallest absolute Gasteiger partial charge is 0.196 e. The molecule has 28 heavy (non-hydrogen) atoms. The van der Waals surface area contributed by atoms with Crippen molar-refractivity contribution in [1.29, 1.82) is 0 Å². The molecule has 0 aliphatic heterocycles. The molecule has 0 aromatic heterocycles. The zero-order chi connectivity index (χ0) is 20.4. The van der Waals surface area contributed by atoms with Crippen LogP contribution in [0.15, 0.2) is 60.9 Å². The van der Waals surface area contributed by atoms with Gasteiger partial charge in [0.15, 0.2) is 11.6 Å². The molecule has 1 aliphatic rings. The Bertz CT molecular complexity index is 994. The molecule has 2 aromatic rings. The molecule has 6 nitrogen and oxygen atoms in total. The number of allylic oxidation sites excluding steroid dienone is 1. The number of benzene rings is 2. The van der Waals surface area contributed by atoms with Gasteiger partial charge in [-0.15, -0.1) is 0 Å². The molecule has 0 spiro atoms. The molecule has 0 bridgehead atoms. The van der Waals surface area contributed by atoms with Gasteiger partial charge in [0.1, 0.15) is 18.5 Å². The van der Waals surface area contributed by atoms with E-state index in [9.17, 15) is 14.7 Å². The Hall–Kier alpha value is -3.38. The Morgan fingerprint density at radius 2 is 1.71 bits per heavy atom. The first-order valence-electron chi connectivity index (χ1n) is 8.81. The highest BCUT2D eigenvalue weighted by atomic mass is 16.5. The molecule has 144 valence electrons. The van der Waals surface area contributed by atoms with E-state index >= 15 is 0 Å². The van der Waals surface area contributed by atoms with Gasteiger partial charge in [0.05, 0.1) is 11.1 Å². The van der Waals surface area contributed by atoms with Gasteiger partial charge in [-0.05, 0) is 24.6 Å². The van der Waals surface area contributed by atoms with Crippen LogP contribution >= 0.6 is 0 Å². The molecule has 4 N–H and O–H groups in total. The topological polar surface area (TPSA) is 102 Å². The number of fused-ring (bicyclic) bond motifs is 2. The minimum Gasteiger partial charge on any atom is -0.491 e. The van der Waals surface area contributed by atoms with E-state index < -0.39 is 6.10 Å². The van der Waals surface area contributed by atoms with Gasteiger partial charge in [-0.3, -0.25) is 9.59 Å². The number of aliphatic hydroxyl groups is 1. The number of nitrogen functional groups attached to an aromatic ring is 1. The maximum atomic E-state index is 13.0. The second-order valence-corrected chi connectivity index (χ2v) is 6.71. The fourth-order valence-corrected chi connectivity index (χ4v) is 3.00. The summed E-state index contributed by atoms with van der Waals surface area (Å²) in [5, 5.41) is 13.2. The minimum absolute atomic E-state index is 0.0194. The lowest BCUT2D eigenvalue weighted by molar-refractivity contribution is 0.0832. The fourth-order valence-electron chi connectivity index (χ4n) is 3.00. The van der Waals surface area contributed by atoms with Crippen molar-refractivity contribution in [2.45, 2.75) is 13.0 Å². The quantitative estimate of drug-likeness (QED) is 0.332. The van der Waals surface area contributed by atoms with Gasteiger partial charge in [-0.1, -0.05) is 37.4 Å². The predicted molar refractivity (Wildman–Crippen MR) is 109 cm³/mol. The molecule has 2 aromatic carbocycles. The van der Waals surface area contributed by atoms with Crippen LogP contribution in [-0.4, -0.2) is 35.9 Å². The average molecular weight is 378 g/mol. The van der Waals surface area contributed by atoms with Crippen LogP contribution in [0.4, 0.5) is 11.4 Å². The molecule has 1 atom stereocenters. The van der Waals surface area contributed by atoms with Gasteiger partial charge in [0, 0.05) is 29.0 Å². The van der Waals surface area contributed by atoms with E-state index in [0.29, 0.717) is 28.1 Å². The van der Waals surface area contributed by atoms with Crippen molar-refractivity contribution in [3.05, 3.63) is 83.1 Å². The first-order chi connectivity index (χ1) is 13.3. The van der Waals surface area contributed by atoms with Gasteiger partial charge in [-0.2, -0.15) is 0 Å². The van der Waals surface area contributed by atoms with Crippen LogP contribution < -0.4 is 11.1 Å². The Kier molecular flexibility index (Phi) is 5.33. The number of nitrogens with two attached hydrogens (primary N) is 1. The lowest BCUT2D eigenvalue weighted by atomic mass is 9.82. The highest BCUT2D eigenvalue weighted by Crippen LogP contribution is 2.35. The van der Waals surface area contributed by atoms with Crippen molar-refractivity contribution < 1.29 is 19.4 Å². The number of carbonyl (C=O) groups excluding carboxylic acids is 2. The standard InChI is InChI=1S/C22H22N2O4/c1-12(2)13(3)28-11-14(25)10-24-18-9-8-17(23)19-20(18)22(27)16-7-5-4-6-15(16)21(19)26/h4-9,14,24-25H,1,3,10-11,23H2,2H3. The van der Waals surface area contributed by atoms with Gasteiger partial charge in [-0.25, -0.2) is 0 Å². The summed E-state index contributed by atoms with van der Waals surface area (Å²) in [5.74, 6) is -0.157. The summed E-state index contributed by atoms with van der Waals surface area (Å²) in [4.78, 5) is 25.9. The number of ketones is 2. The Morgan fingerprint density at radius 3 is 2.32 bits per heavy atom. The number of nitrogens with one attached hydrogen (secondary N) is 1. The molecule has 3 rings (SSSR count). The maximum Gasteiger partial charge on any atom is 0.196 e. The third-order valence-corrected chi connectivity index (χ3v) is 4.56. The maximum absolute atomic E-state index is 13.0. The lowest BCUT2D eigenvalue weighted by Gasteiger charge is -2.23. The number of rotatable bonds is 7. The fraction of sp³-hybridized carbons (Fsp3) is 0.182. The van der Waals surface area contributed by atoms with Crippen LogP contribution in [0.2, 0.25) is 0 Å². The zero-order valence-electron chi connectivity index (χ0n) is 15.6. The molecule has 0 heterocycles. The van der Waals surface area contributed by atoms with Gasteiger partial charge >= 0.3 is 0 Å². The second-order valence-electron chi connectivity index (χ2n) is 6.71. The van der Waals surface area contributed by atoms with E-state index in [4.69, 9.17) is 10.5 Å². The van der Waals surface area contributed by atoms with Crippen molar-refractivity contribution >= 4 is 22.9 Å². The summed E-state index contributed by atoms with van der Waals surface area (Å²) in [7, 11) is 0. The largest absolute Gasteiger partial charge is 0.491 e. The van der Waals surface area contributed by atoms with Gasteiger partial charge < -0.3 is 20.9 Å². The number of anilines is 2. The van der Waals surface area contributed by atoms with Crippen LogP contribution in [0.3, 0.4) is 0 Å². The summed E-state index contributed by atoms with van der Waals surface area (Å²) in [6.07, 6.45) is -0.856. The molecule has 1 aliphatic carbocycles. The SMILES string of the molecule is C=C(C)C(=C)OCC(O)CNc1ccc(N)c2c1C(=O)c1ccccc1C2=O. The lowest BCUT2D eigenvalue weighted by Crippen LogP contribution is -2.28. The Balaban J connectivity index is 1.83. The molecular weight excluding hydrogens is 356 g/mol. The van der Waals surface area contributed by atoms with Gasteiger partial charge in [0.25, 0.3) is 0 Å². The van der Waals surface area contributed by atoms with Crippen LogP contribution in [-0.2, 0) is 4.74 Å². The van der Waals surface area contributed by atoms with E-state index in [1.165, 1.54) is 0 Å². The molecule has 1 unspecified atom stereocenters. The van der Waals surface area contributed by atoms with Crippen LogP contribution in [0.25, 0.3) is 0 Å². The number of ether oxygens (including phenoxy) is 1. The van der Waals surface area contributed by atoms with Crippen molar-refractivity contribution in [2.75, 3.05) is 24.2 Å². The molecule has 0 saturated heterocycles. The van der Waals surface area contributed by atoms with E-state index in [1.807, 2.05) is 0 Å². The Morgan fingerprint density at radius 1 is 1.11 bits per heavy atom. The normalized spacial score (nSPS) is 13.4. The molecule has 6 heteroatoms. The first-order valence-corrected chi connectivity index (χ1v) is 8.81. The molecular formula is C22H22N2O4. The molecule has 0 radical (unpaired) electrons. The average Bonchev–Trinajstić information content (AvgIpc) is 2.68. The summed E-state index contributed by atoms with van der Waals surface area (Å²) in [6.45, 7) is 9.31. The number of carbonyl (C=O) groups is 2. The van der Waals surface area contributed by atoms with Gasteiger partial charge in [0.2, 0.25) is 0 Å². The highest BCUT2D eigenvalue weighted by molar-refractivity contribution is 6.31. The highest BCUT2D eigenvalue weighted by Gasteiger charge is 2.33. The number of hydrogen-bond donors (Lipinski definition) is 3. The minimum atomic E-state index is -0.856. The second kappa shape index (κ2) is 7.70. The number of aliphatic hydroxyl groups excluding tert-OH is 1. The van der Waals surface area contributed by atoms with Crippen molar-refractivity contribution in [3.63, 3.8) is 0 Å². The third kappa shape index (κ3) is 3.54. The zero-order valence-corrected chi connectivity index (χ0v) is 15.6. The first kappa shape index (κ1) is 19.4. The predicted octanol–water partition coefficient (Wildman–Crippen LogP) is 2.92. The molecule has 0 saturated carbocycles. The molecule has 0 amide bonds. The monoisotopic (exact) mass is 378 g/mol. The Labute approximate surface area is 163 Å². The van der Waals surface area contributed by atoms with Crippen molar-refractivity contribution in [1.82, 2.24) is 0 Å². The van der Waals surface area contributed by atoms with E-state index in [0.717, 1.165) is 0 Å².